The third kappa shape index (κ3) is 5.62. The molecule has 1 rings (SSSR count). The van der Waals surface area contributed by atoms with Crippen LogP contribution in [0.2, 0.25) is 0 Å². The summed E-state index contributed by atoms with van der Waals surface area (Å²) in [6, 6.07) is 2.15. The van der Waals surface area contributed by atoms with Crippen LogP contribution >= 0.6 is 0 Å². The van der Waals surface area contributed by atoms with Crippen LogP contribution in [-0.2, 0) is 33.1 Å². The fourth-order valence-corrected chi connectivity index (χ4v) is 4.21. The third-order valence-electron chi connectivity index (χ3n) is 4.56. The Bertz CT molecular complexity index is 1040. The Morgan fingerprint density at radius 1 is 0.879 bits per heavy atom. The molecule has 0 spiro atoms. The highest BCUT2D eigenvalue weighted by Gasteiger charge is 2.83. The summed E-state index contributed by atoms with van der Waals surface area (Å²) in [5, 5.41) is -13.6. The highest BCUT2D eigenvalue weighted by Crippen LogP contribution is 2.51. The molecular weight excluding hydrogens is 506 g/mol. The summed E-state index contributed by atoms with van der Waals surface area (Å²) in [7, 11) is -14.1. The summed E-state index contributed by atoms with van der Waals surface area (Å²) in [4.78, 5) is 11.2. The SMILES string of the molecule is CCCCc1cc(C=O)cc(CCCC)c1OS(=O)(=O)C(F)(F)C(F)(F)C(F)(F)S(=O)(=O)O. The second-order valence-electron chi connectivity index (χ2n) is 7.11. The molecule has 190 valence electrons. The first-order chi connectivity index (χ1) is 14.9. The molecule has 0 unspecified atom stereocenters. The number of carbonyl (C=O) groups excluding carboxylic acids is 1. The maximum atomic E-state index is 14.2. The van der Waals surface area contributed by atoms with E-state index in [0.717, 1.165) is 12.1 Å². The van der Waals surface area contributed by atoms with Crippen molar-refractivity contribution in [3.63, 3.8) is 0 Å². The molecule has 0 saturated heterocycles. The van der Waals surface area contributed by atoms with Crippen molar-refractivity contribution in [3.05, 3.63) is 28.8 Å². The molecule has 0 radical (unpaired) electrons. The smallest absolute Gasteiger partial charge is 0.377 e. The molecule has 1 N–H and O–H groups in total. The van der Waals surface area contributed by atoms with Gasteiger partial charge in [0.1, 0.15) is 12.0 Å². The molecule has 0 aromatic heterocycles. The summed E-state index contributed by atoms with van der Waals surface area (Å²) in [5.41, 5.74) is -0.250. The maximum absolute atomic E-state index is 14.2. The monoisotopic (exact) mass is 528 g/mol. The number of aldehydes is 1. The standard InChI is InChI=1S/C18H22F6O7S2/c1-3-5-7-13-9-12(11-25)10-14(8-6-4-2)15(13)31-33(29,30)18(23,24)16(19,20)17(21,22)32(26,27)28/h9-11H,3-8H2,1-2H3,(H,26,27,28). The van der Waals surface area contributed by atoms with Crippen LogP contribution in [0, 0.1) is 0 Å². The Balaban J connectivity index is 3.69. The van der Waals surface area contributed by atoms with Gasteiger partial charge in [-0.3, -0.25) is 9.35 Å². The van der Waals surface area contributed by atoms with Crippen LogP contribution in [0.1, 0.15) is 61.0 Å². The molecule has 0 atom stereocenters. The van der Waals surface area contributed by atoms with Crippen molar-refractivity contribution < 1.29 is 56.7 Å². The van der Waals surface area contributed by atoms with Crippen LogP contribution in [0.15, 0.2) is 12.1 Å². The lowest BCUT2D eigenvalue weighted by atomic mass is 9.97. The van der Waals surface area contributed by atoms with Crippen molar-refractivity contribution in [2.45, 2.75) is 68.8 Å². The molecule has 0 aliphatic rings. The van der Waals surface area contributed by atoms with Gasteiger partial charge in [0, 0.05) is 5.56 Å². The number of hydrogen-bond donors (Lipinski definition) is 1. The van der Waals surface area contributed by atoms with Gasteiger partial charge in [-0.2, -0.15) is 43.2 Å². The van der Waals surface area contributed by atoms with Crippen molar-refractivity contribution >= 4 is 26.5 Å². The number of unbranched alkanes of at least 4 members (excludes halogenated alkanes) is 2. The molecule has 0 fully saturated rings. The highest BCUT2D eigenvalue weighted by atomic mass is 32.2. The number of aryl methyl sites for hydroxylation is 2. The van der Waals surface area contributed by atoms with Crippen molar-refractivity contribution in [1.29, 1.82) is 0 Å². The molecule has 7 nitrogen and oxygen atoms in total. The fourth-order valence-electron chi connectivity index (χ4n) is 2.71. The van der Waals surface area contributed by atoms with Crippen LogP contribution in [-0.4, -0.2) is 44.1 Å². The topological polar surface area (TPSA) is 115 Å². The van der Waals surface area contributed by atoms with E-state index in [-0.39, 0.29) is 29.5 Å². The second-order valence-corrected chi connectivity index (χ2v) is 10.2. The summed E-state index contributed by atoms with van der Waals surface area (Å²) >= 11 is 0. The predicted octanol–water partition coefficient (Wildman–Crippen LogP) is 4.60. The zero-order chi connectivity index (χ0) is 25.9. The van der Waals surface area contributed by atoms with Gasteiger partial charge in [0.05, 0.1) is 0 Å². The van der Waals surface area contributed by atoms with Crippen molar-refractivity contribution in [1.82, 2.24) is 0 Å². The molecule has 0 saturated carbocycles. The van der Waals surface area contributed by atoms with Crippen LogP contribution in [0.3, 0.4) is 0 Å². The lowest BCUT2D eigenvalue weighted by Crippen LogP contribution is -2.61. The van der Waals surface area contributed by atoms with Gasteiger partial charge < -0.3 is 4.18 Å². The van der Waals surface area contributed by atoms with E-state index in [4.69, 9.17) is 4.55 Å². The summed E-state index contributed by atoms with van der Waals surface area (Å²) in [6.45, 7) is 3.43. The van der Waals surface area contributed by atoms with E-state index in [1.165, 1.54) is 0 Å². The van der Waals surface area contributed by atoms with E-state index >= 15 is 0 Å². The Kier molecular flexibility index (Phi) is 8.99. The lowest BCUT2D eigenvalue weighted by molar-refractivity contribution is -0.247. The van der Waals surface area contributed by atoms with E-state index in [1.54, 1.807) is 13.8 Å². The number of rotatable bonds is 13. The minimum Gasteiger partial charge on any atom is -0.377 e. The van der Waals surface area contributed by atoms with Crippen molar-refractivity contribution in [2.75, 3.05) is 0 Å². The van der Waals surface area contributed by atoms with Gasteiger partial charge in [-0.25, -0.2) is 0 Å². The highest BCUT2D eigenvalue weighted by molar-refractivity contribution is 7.88. The van der Waals surface area contributed by atoms with Crippen molar-refractivity contribution in [3.8, 4) is 5.75 Å². The third-order valence-corrected chi connectivity index (χ3v) is 6.74. The van der Waals surface area contributed by atoms with Gasteiger partial charge in [-0.1, -0.05) is 26.7 Å². The largest absolute Gasteiger partial charge is 0.450 e. The number of alkyl halides is 6. The van der Waals surface area contributed by atoms with Gasteiger partial charge >= 0.3 is 36.7 Å². The van der Waals surface area contributed by atoms with Crippen LogP contribution in [0.4, 0.5) is 26.3 Å². The molecule has 1 aromatic carbocycles. The zero-order valence-electron chi connectivity index (χ0n) is 17.5. The van der Waals surface area contributed by atoms with Gasteiger partial charge in [0.2, 0.25) is 0 Å². The van der Waals surface area contributed by atoms with Crippen LogP contribution < -0.4 is 4.18 Å². The van der Waals surface area contributed by atoms with Gasteiger partial charge in [0.15, 0.2) is 0 Å². The van der Waals surface area contributed by atoms with Crippen LogP contribution in [0.5, 0.6) is 5.75 Å². The van der Waals surface area contributed by atoms with E-state index in [0.29, 0.717) is 32.0 Å². The predicted molar refractivity (Wildman–Crippen MR) is 105 cm³/mol. The van der Waals surface area contributed by atoms with E-state index in [9.17, 15) is 48.0 Å². The molecule has 0 amide bonds. The van der Waals surface area contributed by atoms with Gasteiger partial charge in [-0.15, -0.1) is 0 Å². The second kappa shape index (κ2) is 10.2. The first kappa shape index (κ1) is 29.2. The fraction of sp³-hybridized carbons (Fsp3) is 0.611. The first-order valence-corrected chi connectivity index (χ1v) is 12.4. The molecular formula is C18H22F6O7S2. The average molecular weight is 528 g/mol. The summed E-state index contributed by atoms with van der Waals surface area (Å²) < 4.78 is 141. The molecule has 0 aliphatic carbocycles. The Morgan fingerprint density at radius 3 is 1.64 bits per heavy atom. The average Bonchev–Trinajstić information content (AvgIpc) is 2.70. The van der Waals surface area contributed by atoms with E-state index in [1.807, 2.05) is 0 Å². The molecule has 0 aliphatic heterocycles. The van der Waals surface area contributed by atoms with E-state index < -0.39 is 42.4 Å². The Hall–Kier alpha value is -1.87. The quantitative estimate of drug-likeness (QED) is 0.172. The van der Waals surface area contributed by atoms with Gasteiger partial charge in [0.25, 0.3) is 0 Å². The van der Waals surface area contributed by atoms with Crippen molar-refractivity contribution in [2.24, 2.45) is 0 Å². The lowest BCUT2D eigenvalue weighted by Gasteiger charge is -2.30. The number of hydrogen-bond acceptors (Lipinski definition) is 6. The minimum atomic E-state index is -7.15. The molecule has 0 bridgehead atoms. The first-order valence-electron chi connectivity index (χ1n) is 9.56. The molecule has 33 heavy (non-hydrogen) atoms. The molecule has 1 aromatic rings. The number of halogens is 6. The van der Waals surface area contributed by atoms with Crippen LogP contribution in [0.25, 0.3) is 0 Å². The summed E-state index contributed by atoms with van der Waals surface area (Å²) in [6.07, 6.45) is 1.99. The van der Waals surface area contributed by atoms with E-state index in [2.05, 4.69) is 4.18 Å². The number of benzene rings is 1. The zero-order valence-corrected chi connectivity index (χ0v) is 19.1. The molecule has 0 heterocycles. The Morgan fingerprint density at radius 2 is 1.30 bits per heavy atom. The van der Waals surface area contributed by atoms with Gasteiger partial charge in [-0.05, 0) is 48.9 Å². The minimum absolute atomic E-state index is 0.00644. The number of carbonyl (C=O) groups is 1. The maximum Gasteiger partial charge on any atom is 0.450 e. The Labute approximate surface area is 187 Å². The normalized spacial score (nSPS) is 13.7. The molecule has 15 heteroatoms. The summed E-state index contributed by atoms with van der Waals surface area (Å²) in [5.74, 6) is -7.95.